The molecule has 21 heavy (non-hydrogen) atoms. The fraction of sp³-hybridized carbons (Fsp3) is 0. The van der Waals surface area contributed by atoms with Gasteiger partial charge in [-0.25, -0.2) is 0 Å². The largest absolute Gasteiger partial charge is 0.422 e. The Balaban J connectivity index is 3.06. The van der Waals surface area contributed by atoms with Crippen LogP contribution in [0.3, 0.4) is 0 Å². The number of hydrogen-bond donors (Lipinski definition) is 0. The van der Waals surface area contributed by atoms with Crippen molar-refractivity contribution in [3.8, 4) is 0 Å². The van der Waals surface area contributed by atoms with E-state index >= 15 is 0 Å². The van der Waals surface area contributed by atoms with Gasteiger partial charge in [0, 0.05) is 11.6 Å². The van der Waals surface area contributed by atoms with Gasteiger partial charge < -0.3 is 0 Å². The molecule has 0 heterocycles. The molecule has 0 fully saturated rings. The van der Waals surface area contributed by atoms with Gasteiger partial charge in [0.25, 0.3) is 0 Å². The van der Waals surface area contributed by atoms with Crippen molar-refractivity contribution in [3.05, 3.63) is 60.2 Å². The number of nitro benzene ring substituents is 3. The van der Waals surface area contributed by atoms with E-state index in [2.05, 4.69) is 0 Å². The molecule has 0 unspecified atom stereocenters. The second-order valence-corrected chi connectivity index (χ2v) is 3.96. The summed E-state index contributed by atoms with van der Waals surface area (Å²) in [5.74, 6) is 0. The first-order chi connectivity index (χ1) is 9.86. The second kappa shape index (κ2) is 4.92. The van der Waals surface area contributed by atoms with E-state index < -0.39 is 31.8 Å². The van der Waals surface area contributed by atoms with E-state index in [4.69, 9.17) is 0 Å². The molecule has 0 amide bonds. The van der Waals surface area contributed by atoms with Crippen molar-refractivity contribution in [2.45, 2.75) is 0 Å². The zero-order valence-electron chi connectivity index (χ0n) is 10.1. The molecule has 0 saturated heterocycles. The maximum absolute atomic E-state index is 11.1. The predicted octanol–water partition coefficient (Wildman–Crippen LogP) is 2.38. The minimum atomic E-state index is -1.21. The number of carbonyl (C=O) groups is 1. The molecule has 0 radical (unpaired) electrons. The Morgan fingerprint density at radius 3 is 1.95 bits per heavy atom. The molecule has 0 aliphatic rings. The smallest absolute Gasteiger partial charge is 0.298 e. The Bertz CT molecular complexity index is 815. The molecule has 2 rings (SSSR count). The van der Waals surface area contributed by atoms with Gasteiger partial charge in [-0.05, 0) is 11.5 Å². The Hall–Kier alpha value is -3.43. The van der Waals surface area contributed by atoms with Crippen LogP contribution >= 0.6 is 0 Å². The zero-order chi connectivity index (χ0) is 15.7. The lowest BCUT2D eigenvalue weighted by molar-refractivity contribution is -0.440. The normalized spacial score (nSPS) is 10.3. The van der Waals surface area contributed by atoms with Crippen LogP contribution in [-0.2, 0) is 0 Å². The fourth-order valence-corrected chi connectivity index (χ4v) is 1.95. The van der Waals surface area contributed by atoms with E-state index in [1.165, 1.54) is 12.1 Å². The molecule has 0 aromatic heterocycles. The van der Waals surface area contributed by atoms with E-state index in [0.29, 0.717) is 6.29 Å². The lowest BCUT2D eigenvalue weighted by atomic mass is 10.0. The molecule has 0 N–H and O–H groups in total. The Labute approximate surface area is 115 Å². The standard InChI is InChI=1S/C11H5N3O7/c15-5-6-1-2-7-4-9(12(16)17)11(14(20)21)10(13(18)19)8(7)3-6/h1-5H. The Morgan fingerprint density at radius 2 is 1.48 bits per heavy atom. The molecule has 0 aliphatic heterocycles. The van der Waals surface area contributed by atoms with Crippen molar-refractivity contribution in [2.75, 3.05) is 0 Å². The second-order valence-electron chi connectivity index (χ2n) is 3.96. The molecule has 0 spiro atoms. The average molecular weight is 291 g/mol. The van der Waals surface area contributed by atoms with Crippen molar-refractivity contribution >= 4 is 34.1 Å². The summed E-state index contributed by atoms with van der Waals surface area (Å²) >= 11 is 0. The van der Waals surface area contributed by atoms with Gasteiger partial charge in [0.15, 0.2) is 0 Å². The number of benzene rings is 2. The highest BCUT2D eigenvalue weighted by molar-refractivity contribution is 6.00. The van der Waals surface area contributed by atoms with Crippen LogP contribution in [0.5, 0.6) is 0 Å². The van der Waals surface area contributed by atoms with Crippen LogP contribution in [0.25, 0.3) is 10.8 Å². The number of nitrogens with zero attached hydrogens (tertiary/aromatic N) is 3. The number of fused-ring (bicyclic) bond motifs is 1. The highest BCUT2D eigenvalue weighted by Crippen LogP contribution is 2.42. The predicted molar refractivity (Wildman–Crippen MR) is 69.3 cm³/mol. The summed E-state index contributed by atoms with van der Waals surface area (Å²) in [5, 5.41) is 32.8. The van der Waals surface area contributed by atoms with E-state index in [0.717, 1.165) is 12.1 Å². The third-order valence-corrected chi connectivity index (χ3v) is 2.79. The first kappa shape index (κ1) is 14.0. The van der Waals surface area contributed by atoms with Crippen LogP contribution in [0.15, 0.2) is 24.3 Å². The highest BCUT2D eigenvalue weighted by atomic mass is 16.6. The van der Waals surface area contributed by atoms with Crippen LogP contribution in [-0.4, -0.2) is 21.1 Å². The summed E-state index contributed by atoms with van der Waals surface area (Å²) in [4.78, 5) is 40.4. The third kappa shape index (κ3) is 2.25. The summed E-state index contributed by atoms with van der Waals surface area (Å²) in [5.41, 5.74) is -3.12. The first-order valence-electron chi connectivity index (χ1n) is 5.36. The number of carbonyl (C=O) groups excluding carboxylic acids is 1. The molecule has 0 saturated carbocycles. The van der Waals surface area contributed by atoms with Crippen LogP contribution in [0, 0.1) is 30.3 Å². The van der Waals surface area contributed by atoms with E-state index in [-0.39, 0.29) is 16.3 Å². The lowest BCUT2D eigenvalue weighted by Crippen LogP contribution is -2.02. The molecular weight excluding hydrogens is 286 g/mol. The van der Waals surface area contributed by atoms with Crippen LogP contribution in [0.4, 0.5) is 17.1 Å². The minimum absolute atomic E-state index is 0.0598. The molecule has 2 aromatic rings. The monoisotopic (exact) mass is 291 g/mol. The lowest BCUT2D eigenvalue weighted by Gasteiger charge is -2.02. The topological polar surface area (TPSA) is 146 Å². The molecule has 0 aliphatic carbocycles. The molecule has 106 valence electrons. The third-order valence-electron chi connectivity index (χ3n) is 2.79. The maximum Gasteiger partial charge on any atom is 0.422 e. The first-order valence-corrected chi connectivity index (χ1v) is 5.36. The van der Waals surface area contributed by atoms with Gasteiger partial charge in [0.2, 0.25) is 0 Å². The quantitative estimate of drug-likeness (QED) is 0.477. The minimum Gasteiger partial charge on any atom is -0.298 e. The van der Waals surface area contributed by atoms with Gasteiger partial charge in [-0.15, -0.1) is 0 Å². The van der Waals surface area contributed by atoms with Gasteiger partial charge in [-0.3, -0.25) is 35.1 Å². The average Bonchev–Trinajstić information content (AvgIpc) is 2.43. The molecule has 2 aromatic carbocycles. The molecule has 10 nitrogen and oxygen atoms in total. The van der Waals surface area contributed by atoms with Crippen molar-refractivity contribution in [3.63, 3.8) is 0 Å². The number of rotatable bonds is 4. The van der Waals surface area contributed by atoms with Gasteiger partial charge in [0.05, 0.1) is 20.2 Å². The highest BCUT2D eigenvalue weighted by Gasteiger charge is 2.38. The molecule has 0 bridgehead atoms. The molecule has 10 heteroatoms. The number of nitro groups is 3. The van der Waals surface area contributed by atoms with E-state index in [9.17, 15) is 35.1 Å². The summed E-state index contributed by atoms with van der Waals surface area (Å²) < 4.78 is 0. The maximum atomic E-state index is 11.1. The van der Waals surface area contributed by atoms with Crippen molar-refractivity contribution in [1.29, 1.82) is 0 Å². The SMILES string of the molecule is O=Cc1ccc2cc([N+](=O)[O-])c([N+](=O)[O-])c([N+](=O)[O-])c2c1. The summed E-state index contributed by atoms with van der Waals surface area (Å²) in [6, 6.07) is 4.50. The zero-order valence-corrected chi connectivity index (χ0v) is 10.1. The molecular formula is C11H5N3O7. The number of hydrogen-bond acceptors (Lipinski definition) is 7. The number of aldehydes is 1. The van der Waals surface area contributed by atoms with Crippen LogP contribution in [0.1, 0.15) is 10.4 Å². The van der Waals surface area contributed by atoms with Gasteiger partial charge in [0.1, 0.15) is 6.29 Å². The Kier molecular flexibility index (Phi) is 3.28. The fourth-order valence-electron chi connectivity index (χ4n) is 1.95. The molecule has 0 atom stereocenters. The summed E-state index contributed by atoms with van der Waals surface area (Å²) in [6.07, 6.45) is 0.413. The van der Waals surface area contributed by atoms with Crippen molar-refractivity contribution in [1.82, 2.24) is 0 Å². The van der Waals surface area contributed by atoms with Crippen molar-refractivity contribution in [2.24, 2.45) is 0 Å². The van der Waals surface area contributed by atoms with Crippen molar-refractivity contribution < 1.29 is 19.6 Å². The van der Waals surface area contributed by atoms with Gasteiger partial charge in [-0.2, -0.15) is 0 Å². The van der Waals surface area contributed by atoms with Gasteiger partial charge in [-0.1, -0.05) is 12.1 Å². The van der Waals surface area contributed by atoms with Gasteiger partial charge >= 0.3 is 17.1 Å². The van der Waals surface area contributed by atoms with Crippen LogP contribution < -0.4 is 0 Å². The Morgan fingerprint density at radius 1 is 0.857 bits per heavy atom. The summed E-state index contributed by atoms with van der Waals surface area (Å²) in [7, 11) is 0. The van der Waals surface area contributed by atoms with E-state index in [1.54, 1.807) is 0 Å². The van der Waals surface area contributed by atoms with E-state index in [1.807, 2.05) is 0 Å². The van der Waals surface area contributed by atoms with Crippen LogP contribution in [0.2, 0.25) is 0 Å². The summed E-state index contributed by atoms with van der Waals surface area (Å²) in [6.45, 7) is 0.